The average molecular weight is 172 g/mol. The zero-order chi connectivity index (χ0) is 9.78. The summed E-state index contributed by atoms with van der Waals surface area (Å²) in [6.45, 7) is 7.58. The van der Waals surface area contributed by atoms with Crippen LogP contribution in [0.25, 0.3) is 0 Å². The summed E-state index contributed by atoms with van der Waals surface area (Å²) in [5, 5.41) is 7.79. The Labute approximate surface area is 75.2 Å². The van der Waals surface area contributed by atoms with Crippen LogP contribution in [-0.4, -0.2) is 38.0 Å². The van der Waals surface area contributed by atoms with Crippen molar-refractivity contribution in [2.75, 3.05) is 27.3 Å². The van der Waals surface area contributed by atoms with E-state index in [1.807, 2.05) is 32.7 Å². The summed E-state index contributed by atoms with van der Waals surface area (Å²) in [5.74, 6) is 0.652. The maximum absolute atomic E-state index is 7.79. The second-order valence-electron chi connectivity index (χ2n) is 4.01. The quantitative estimate of drug-likeness (QED) is 0.518. The lowest BCUT2D eigenvalue weighted by atomic mass is 9.94. The molecule has 0 fully saturated rings. The van der Waals surface area contributed by atoms with Gasteiger partial charge in [0.1, 0.15) is 5.84 Å². The number of likely N-dealkylation sites (N-methyl/N-ethyl adjacent to an activating group) is 1. The van der Waals surface area contributed by atoms with Crippen molar-refractivity contribution in [3.8, 4) is 0 Å². The lowest BCUT2D eigenvalue weighted by molar-refractivity contribution is 0.180. The first kappa shape index (κ1) is 11.4. The largest absolute Gasteiger partial charge is 0.383 e. The first-order valence-electron chi connectivity index (χ1n) is 4.18. The number of rotatable bonds is 3. The maximum Gasteiger partial charge on any atom is 0.101 e. The molecule has 0 aliphatic carbocycles. The second-order valence-corrected chi connectivity index (χ2v) is 4.01. The summed E-state index contributed by atoms with van der Waals surface area (Å²) < 4.78 is 4.94. The molecule has 72 valence electrons. The third-order valence-corrected chi connectivity index (χ3v) is 1.72. The van der Waals surface area contributed by atoms with E-state index in [9.17, 15) is 0 Å². The van der Waals surface area contributed by atoms with Crippen molar-refractivity contribution in [3.05, 3.63) is 0 Å². The molecule has 12 heavy (non-hydrogen) atoms. The highest BCUT2D eigenvalue weighted by molar-refractivity contribution is 5.83. The van der Waals surface area contributed by atoms with E-state index in [0.29, 0.717) is 12.4 Å². The molecule has 0 aromatic rings. The van der Waals surface area contributed by atoms with Crippen molar-refractivity contribution >= 4 is 5.84 Å². The maximum atomic E-state index is 7.79. The first-order chi connectivity index (χ1) is 5.39. The Morgan fingerprint density at radius 1 is 1.42 bits per heavy atom. The molecule has 0 aromatic heterocycles. The number of hydrogen-bond acceptors (Lipinski definition) is 2. The highest BCUT2D eigenvalue weighted by Crippen LogP contribution is 2.16. The van der Waals surface area contributed by atoms with Gasteiger partial charge in [0.05, 0.1) is 6.61 Å². The van der Waals surface area contributed by atoms with Crippen LogP contribution in [0.15, 0.2) is 0 Å². The van der Waals surface area contributed by atoms with Gasteiger partial charge in [-0.15, -0.1) is 0 Å². The van der Waals surface area contributed by atoms with Gasteiger partial charge in [0.25, 0.3) is 0 Å². The van der Waals surface area contributed by atoms with E-state index in [2.05, 4.69) is 0 Å². The number of ether oxygens (including phenoxy) is 1. The predicted molar refractivity (Wildman–Crippen MR) is 51.7 cm³/mol. The zero-order valence-corrected chi connectivity index (χ0v) is 8.77. The molecule has 0 saturated carbocycles. The number of amidine groups is 1. The smallest absolute Gasteiger partial charge is 0.101 e. The van der Waals surface area contributed by atoms with Gasteiger partial charge in [-0.1, -0.05) is 20.8 Å². The molecular formula is C9H20N2O. The van der Waals surface area contributed by atoms with Gasteiger partial charge in [0, 0.05) is 26.1 Å². The van der Waals surface area contributed by atoms with E-state index < -0.39 is 0 Å². The third kappa shape index (κ3) is 3.72. The Morgan fingerprint density at radius 2 is 1.92 bits per heavy atom. The average Bonchev–Trinajstić information content (AvgIpc) is 1.97. The van der Waals surface area contributed by atoms with E-state index in [1.165, 1.54) is 0 Å². The summed E-state index contributed by atoms with van der Waals surface area (Å²) in [5.41, 5.74) is -0.0670. The van der Waals surface area contributed by atoms with Gasteiger partial charge in [-0.25, -0.2) is 0 Å². The van der Waals surface area contributed by atoms with E-state index in [4.69, 9.17) is 10.1 Å². The molecule has 0 bridgehead atoms. The number of methoxy groups -OCH3 is 1. The molecule has 0 rings (SSSR count). The van der Waals surface area contributed by atoms with Crippen LogP contribution in [0.4, 0.5) is 0 Å². The van der Waals surface area contributed by atoms with Gasteiger partial charge >= 0.3 is 0 Å². The molecule has 0 atom stereocenters. The highest BCUT2D eigenvalue weighted by Gasteiger charge is 2.20. The van der Waals surface area contributed by atoms with Gasteiger partial charge in [-0.05, 0) is 0 Å². The van der Waals surface area contributed by atoms with Crippen LogP contribution in [0.2, 0.25) is 0 Å². The third-order valence-electron chi connectivity index (χ3n) is 1.72. The Hall–Kier alpha value is -0.570. The number of nitrogens with zero attached hydrogens (tertiary/aromatic N) is 1. The molecule has 0 aliphatic heterocycles. The fourth-order valence-electron chi connectivity index (χ4n) is 0.913. The summed E-state index contributed by atoms with van der Waals surface area (Å²) in [7, 11) is 3.60. The van der Waals surface area contributed by atoms with Crippen LogP contribution in [-0.2, 0) is 4.74 Å². The number of hydrogen-bond donors (Lipinski definition) is 1. The van der Waals surface area contributed by atoms with Crippen LogP contribution >= 0.6 is 0 Å². The summed E-state index contributed by atoms with van der Waals surface area (Å²) in [6, 6.07) is 0. The minimum absolute atomic E-state index is 0.0670. The van der Waals surface area contributed by atoms with Gasteiger partial charge in [0.2, 0.25) is 0 Å². The van der Waals surface area contributed by atoms with Crippen molar-refractivity contribution < 1.29 is 4.74 Å². The van der Waals surface area contributed by atoms with Crippen molar-refractivity contribution in [2.45, 2.75) is 20.8 Å². The van der Waals surface area contributed by atoms with Crippen LogP contribution in [0.3, 0.4) is 0 Å². The Kier molecular flexibility index (Phi) is 4.24. The molecular weight excluding hydrogens is 152 g/mol. The molecule has 0 amide bonds. The first-order valence-corrected chi connectivity index (χ1v) is 4.18. The minimum atomic E-state index is -0.0670. The summed E-state index contributed by atoms with van der Waals surface area (Å²) in [4.78, 5) is 1.92. The molecule has 3 heteroatoms. The topological polar surface area (TPSA) is 36.3 Å². The molecule has 0 spiro atoms. The SMILES string of the molecule is COCCN(C)C(=N)C(C)(C)C. The van der Waals surface area contributed by atoms with Gasteiger partial charge in [-0.3, -0.25) is 5.41 Å². The summed E-state index contributed by atoms with van der Waals surface area (Å²) in [6.07, 6.45) is 0. The van der Waals surface area contributed by atoms with Crippen LogP contribution < -0.4 is 0 Å². The fraction of sp³-hybridized carbons (Fsp3) is 0.889. The molecule has 0 unspecified atom stereocenters. The second kappa shape index (κ2) is 4.45. The highest BCUT2D eigenvalue weighted by atomic mass is 16.5. The predicted octanol–water partition coefficient (Wildman–Crippen LogP) is 1.59. The lowest BCUT2D eigenvalue weighted by Gasteiger charge is -2.28. The van der Waals surface area contributed by atoms with Crippen LogP contribution in [0, 0.1) is 10.8 Å². The molecule has 0 heterocycles. The van der Waals surface area contributed by atoms with Crippen LogP contribution in [0.5, 0.6) is 0 Å². The molecule has 1 N–H and O–H groups in total. The zero-order valence-electron chi connectivity index (χ0n) is 8.77. The van der Waals surface area contributed by atoms with E-state index in [0.717, 1.165) is 6.54 Å². The van der Waals surface area contributed by atoms with E-state index in [1.54, 1.807) is 7.11 Å². The van der Waals surface area contributed by atoms with Gasteiger partial charge < -0.3 is 9.64 Å². The molecule has 0 aromatic carbocycles. The Balaban J connectivity index is 3.94. The normalized spacial score (nSPS) is 11.4. The molecule has 3 nitrogen and oxygen atoms in total. The van der Waals surface area contributed by atoms with Crippen molar-refractivity contribution in [3.63, 3.8) is 0 Å². The minimum Gasteiger partial charge on any atom is -0.383 e. The van der Waals surface area contributed by atoms with Crippen LogP contribution in [0.1, 0.15) is 20.8 Å². The summed E-state index contributed by atoms with van der Waals surface area (Å²) >= 11 is 0. The van der Waals surface area contributed by atoms with Crippen molar-refractivity contribution in [1.29, 1.82) is 5.41 Å². The van der Waals surface area contributed by atoms with Gasteiger partial charge in [-0.2, -0.15) is 0 Å². The molecule has 0 saturated heterocycles. The fourth-order valence-corrected chi connectivity index (χ4v) is 0.913. The lowest BCUT2D eigenvalue weighted by Crippen LogP contribution is -2.37. The monoisotopic (exact) mass is 172 g/mol. The van der Waals surface area contributed by atoms with Gasteiger partial charge in [0.15, 0.2) is 0 Å². The Morgan fingerprint density at radius 3 is 2.25 bits per heavy atom. The van der Waals surface area contributed by atoms with Crippen molar-refractivity contribution in [1.82, 2.24) is 4.90 Å². The van der Waals surface area contributed by atoms with E-state index in [-0.39, 0.29) is 5.41 Å². The number of nitrogens with one attached hydrogen (secondary N) is 1. The molecule has 0 aliphatic rings. The standard InChI is InChI=1S/C9H20N2O/c1-9(2,3)8(10)11(4)6-7-12-5/h10H,6-7H2,1-5H3. The Bertz CT molecular complexity index is 149. The molecule has 0 radical (unpaired) electrons. The van der Waals surface area contributed by atoms with Crippen molar-refractivity contribution in [2.24, 2.45) is 5.41 Å². The van der Waals surface area contributed by atoms with E-state index >= 15 is 0 Å².